The van der Waals surface area contributed by atoms with E-state index in [-0.39, 0.29) is 12.0 Å². The summed E-state index contributed by atoms with van der Waals surface area (Å²) in [5, 5.41) is 8.49. The van der Waals surface area contributed by atoms with E-state index in [0.717, 1.165) is 11.8 Å². The molecule has 1 heterocycles. The minimum Gasteiger partial charge on any atom is -0.486 e. The standard InChI is InChI=1S/C20H21NO5S/c1-13(20(23)24)27-18-10-6-3-7-15(18)19(22)21(2)11-14-12-25-16-8-4-5-9-17(16)26-14/h3-10,13-14H,11-12H2,1-2H3,(H,23,24). The van der Waals surface area contributed by atoms with E-state index in [0.29, 0.717) is 35.1 Å². The molecule has 2 unspecified atom stereocenters. The van der Waals surface area contributed by atoms with Crippen LogP contribution in [-0.4, -0.2) is 53.4 Å². The lowest BCUT2D eigenvalue weighted by atomic mass is 10.2. The highest BCUT2D eigenvalue weighted by Crippen LogP contribution is 2.31. The number of fused-ring (bicyclic) bond motifs is 1. The molecule has 2 atom stereocenters. The van der Waals surface area contributed by atoms with Crippen LogP contribution in [0, 0.1) is 0 Å². The first-order valence-electron chi connectivity index (χ1n) is 8.58. The van der Waals surface area contributed by atoms with Gasteiger partial charge in [-0.2, -0.15) is 0 Å². The SMILES string of the molecule is CC(Sc1ccccc1C(=O)N(C)CC1COc2ccccc2O1)C(=O)O. The summed E-state index contributed by atoms with van der Waals surface area (Å²) in [7, 11) is 1.70. The van der Waals surface area contributed by atoms with Crippen LogP contribution >= 0.6 is 11.8 Å². The van der Waals surface area contributed by atoms with E-state index in [1.165, 1.54) is 0 Å². The fourth-order valence-corrected chi connectivity index (χ4v) is 3.66. The number of rotatable bonds is 6. The van der Waals surface area contributed by atoms with Gasteiger partial charge in [0.1, 0.15) is 11.9 Å². The smallest absolute Gasteiger partial charge is 0.316 e. The zero-order chi connectivity index (χ0) is 19.4. The molecule has 0 aliphatic carbocycles. The summed E-state index contributed by atoms with van der Waals surface area (Å²) in [5.74, 6) is 0.271. The van der Waals surface area contributed by atoms with E-state index < -0.39 is 11.2 Å². The van der Waals surface area contributed by atoms with Crippen molar-refractivity contribution in [2.45, 2.75) is 23.2 Å². The van der Waals surface area contributed by atoms with Crippen LogP contribution in [0.1, 0.15) is 17.3 Å². The van der Waals surface area contributed by atoms with Crippen molar-refractivity contribution in [1.82, 2.24) is 4.90 Å². The average Bonchev–Trinajstić information content (AvgIpc) is 2.67. The number of aliphatic carboxylic acids is 1. The average molecular weight is 387 g/mol. The molecule has 1 aliphatic rings. The van der Waals surface area contributed by atoms with E-state index in [4.69, 9.17) is 14.6 Å². The lowest BCUT2D eigenvalue weighted by Gasteiger charge is -2.30. The number of carboxylic acid groups (broad SMARTS) is 1. The van der Waals surface area contributed by atoms with E-state index in [9.17, 15) is 9.59 Å². The third kappa shape index (κ3) is 4.54. The molecule has 142 valence electrons. The predicted octanol–water partition coefficient (Wildman–Crippen LogP) is 3.16. The monoisotopic (exact) mass is 387 g/mol. The van der Waals surface area contributed by atoms with Gasteiger partial charge in [0, 0.05) is 11.9 Å². The second-order valence-corrected chi connectivity index (χ2v) is 7.66. The molecule has 0 spiro atoms. The molecule has 1 aliphatic heterocycles. The van der Waals surface area contributed by atoms with Gasteiger partial charge in [-0.1, -0.05) is 24.3 Å². The molecule has 1 N–H and O–H groups in total. The maximum Gasteiger partial charge on any atom is 0.316 e. The number of carbonyl (C=O) groups is 2. The van der Waals surface area contributed by atoms with E-state index in [1.807, 2.05) is 24.3 Å². The first kappa shape index (κ1) is 19.1. The quantitative estimate of drug-likeness (QED) is 0.768. The summed E-state index contributed by atoms with van der Waals surface area (Å²) in [4.78, 5) is 26.3. The lowest BCUT2D eigenvalue weighted by Crippen LogP contribution is -2.41. The fourth-order valence-electron chi connectivity index (χ4n) is 2.73. The minimum atomic E-state index is -0.915. The van der Waals surface area contributed by atoms with Gasteiger partial charge in [-0.05, 0) is 31.2 Å². The Bertz CT molecular complexity index is 841. The van der Waals surface area contributed by atoms with E-state index in [1.54, 1.807) is 43.1 Å². The van der Waals surface area contributed by atoms with Crippen LogP contribution in [0.4, 0.5) is 0 Å². The molecular weight excluding hydrogens is 366 g/mol. The number of likely N-dealkylation sites (N-methyl/N-ethyl adjacent to an activating group) is 1. The zero-order valence-electron chi connectivity index (χ0n) is 15.1. The van der Waals surface area contributed by atoms with Gasteiger partial charge in [0.25, 0.3) is 5.91 Å². The molecule has 0 saturated heterocycles. The molecule has 0 aromatic heterocycles. The predicted molar refractivity (Wildman–Crippen MR) is 103 cm³/mol. The van der Waals surface area contributed by atoms with Crippen molar-refractivity contribution in [3.63, 3.8) is 0 Å². The number of carbonyl (C=O) groups excluding carboxylic acids is 1. The highest BCUT2D eigenvalue weighted by atomic mass is 32.2. The number of hydrogen-bond acceptors (Lipinski definition) is 5. The number of benzene rings is 2. The Hall–Kier alpha value is -2.67. The molecule has 1 amide bonds. The van der Waals surface area contributed by atoms with Crippen LogP contribution in [0.15, 0.2) is 53.4 Å². The van der Waals surface area contributed by atoms with Crippen molar-refractivity contribution in [3.05, 3.63) is 54.1 Å². The van der Waals surface area contributed by atoms with Gasteiger partial charge in [-0.25, -0.2) is 0 Å². The van der Waals surface area contributed by atoms with Gasteiger partial charge in [-0.15, -0.1) is 11.8 Å². The molecule has 0 saturated carbocycles. The molecule has 7 heteroatoms. The molecule has 0 fully saturated rings. The Labute approximate surface area is 162 Å². The number of hydrogen-bond donors (Lipinski definition) is 1. The van der Waals surface area contributed by atoms with Crippen molar-refractivity contribution < 1.29 is 24.2 Å². The third-order valence-electron chi connectivity index (χ3n) is 4.16. The van der Waals surface area contributed by atoms with Crippen LogP contribution in [0.25, 0.3) is 0 Å². The van der Waals surface area contributed by atoms with Crippen molar-refractivity contribution in [1.29, 1.82) is 0 Å². The zero-order valence-corrected chi connectivity index (χ0v) is 15.9. The van der Waals surface area contributed by atoms with Gasteiger partial charge >= 0.3 is 5.97 Å². The summed E-state index contributed by atoms with van der Waals surface area (Å²) in [6.45, 7) is 2.32. The maximum absolute atomic E-state index is 12.9. The van der Waals surface area contributed by atoms with Crippen LogP contribution < -0.4 is 9.47 Å². The summed E-state index contributed by atoms with van der Waals surface area (Å²) in [5.41, 5.74) is 0.482. The van der Waals surface area contributed by atoms with Crippen LogP contribution in [-0.2, 0) is 4.79 Å². The Balaban J connectivity index is 1.68. The maximum atomic E-state index is 12.9. The first-order chi connectivity index (χ1) is 13.0. The van der Waals surface area contributed by atoms with Crippen molar-refractivity contribution in [2.24, 2.45) is 0 Å². The minimum absolute atomic E-state index is 0.182. The van der Waals surface area contributed by atoms with Gasteiger partial charge in [-0.3, -0.25) is 9.59 Å². The Morgan fingerprint density at radius 3 is 2.59 bits per heavy atom. The summed E-state index contributed by atoms with van der Waals surface area (Å²) in [6.07, 6.45) is -0.272. The molecular formula is C20H21NO5S. The number of nitrogens with zero attached hydrogens (tertiary/aromatic N) is 1. The van der Waals surface area contributed by atoms with Gasteiger partial charge in [0.05, 0.1) is 12.1 Å². The van der Waals surface area contributed by atoms with Gasteiger partial charge < -0.3 is 19.5 Å². The third-order valence-corrected chi connectivity index (χ3v) is 5.33. The van der Waals surface area contributed by atoms with Crippen LogP contribution in [0.5, 0.6) is 11.5 Å². The largest absolute Gasteiger partial charge is 0.486 e. The van der Waals surface area contributed by atoms with Crippen LogP contribution in [0.3, 0.4) is 0 Å². The molecule has 3 rings (SSSR count). The number of carboxylic acids is 1. The number of ether oxygens (including phenoxy) is 2. The highest BCUT2D eigenvalue weighted by Gasteiger charge is 2.25. The number of thioether (sulfide) groups is 1. The summed E-state index contributed by atoms with van der Waals surface area (Å²) >= 11 is 1.16. The fraction of sp³-hybridized carbons (Fsp3) is 0.300. The topological polar surface area (TPSA) is 76.1 Å². The first-order valence-corrected chi connectivity index (χ1v) is 9.46. The van der Waals surface area contributed by atoms with Crippen molar-refractivity contribution >= 4 is 23.6 Å². The normalized spacial score (nSPS) is 16.4. The molecule has 27 heavy (non-hydrogen) atoms. The molecule has 6 nitrogen and oxygen atoms in total. The number of amides is 1. The molecule has 2 aromatic rings. The Morgan fingerprint density at radius 2 is 1.85 bits per heavy atom. The lowest BCUT2D eigenvalue weighted by molar-refractivity contribution is -0.136. The molecule has 0 radical (unpaired) electrons. The second kappa shape index (κ2) is 8.35. The van der Waals surface area contributed by atoms with E-state index >= 15 is 0 Å². The summed E-state index contributed by atoms with van der Waals surface area (Å²) < 4.78 is 11.6. The molecule has 2 aromatic carbocycles. The van der Waals surface area contributed by atoms with Gasteiger partial charge in [0.15, 0.2) is 17.6 Å². The second-order valence-electron chi connectivity index (χ2n) is 6.28. The Kier molecular flexibility index (Phi) is 5.91. The Morgan fingerprint density at radius 1 is 1.19 bits per heavy atom. The molecule has 0 bridgehead atoms. The number of para-hydroxylation sites is 2. The summed E-state index contributed by atoms with van der Waals surface area (Å²) in [6, 6.07) is 14.5. The van der Waals surface area contributed by atoms with Crippen LogP contribution in [0.2, 0.25) is 0 Å². The van der Waals surface area contributed by atoms with Crippen molar-refractivity contribution in [2.75, 3.05) is 20.2 Å². The highest BCUT2D eigenvalue weighted by molar-refractivity contribution is 8.00. The van der Waals surface area contributed by atoms with Crippen molar-refractivity contribution in [3.8, 4) is 11.5 Å². The van der Waals surface area contributed by atoms with E-state index in [2.05, 4.69) is 0 Å². The van der Waals surface area contributed by atoms with Gasteiger partial charge in [0.2, 0.25) is 0 Å².